The van der Waals surface area contributed by atoms with E-state index in [2.05, 4.69) is 15.4 Å². The summed E-state index contributed by atoms with van der Waals surface area (Å²) in [4.78, 5) is 11.6. The Morgan fingerprint density at radius 1 is 1.39 bits per heavy atom. The fourth-order valence-corrected chi connectivity index (χ4v) is 1.27. The Balaban J connectivity index is 2.82. The third kappa shape index (κ3) is 4.25. The van der Waals surface area contributed by atoms with Crippen molar-refractivity contribution >= 4 is 5.91 Å². The lowest BCUT2D eigenvalue weighted by Crippen LogP contribution is -2.30. The zero-order valence-electron chi connectivity index (χ0n) is 9.67. The second kappa shape index (κ2) is 6.85. The molecule has 0 heterocycles. The van der Waals surface area contributed by atoms with E-state index in [9.17, 15) is 18.0 Å². The first-order valence-electron chi connectivity index (χ1n) is 5.21. The van der Waals surface area contributed by atoms with Gasteiger partial charge in [-0.15, -0.1) is 0 Å². The monoisotopic (exact) mass is 262 g/mol. The zero-order valence-corrected chi connectivity index (χ0v) is 9.67. The molecule has 0 atom stereocenters. The van der Waals surface area contributed by atoms with E-state index in [0.29, 0.717) is 13.1 Å². The van der Waals surface area contributed by atoms with Crippen LogP contribution in [0, 0.1) is 5.82 Å². The summed E-state index contributed by atoms with van der Waals surface area (Å²) in [6.07, 6.45) is 0. The molecule has 0 aliphatic rings. The van der Waals surface area contributed by atoms with Gasteiger partial charge in [-0.05, 0) is 19.2 Å². The standard InChI is InChI=1S/C11H13F3N2O2/c1-15-4-5-16-10(17)8-3-2-7(12)6-9(8)18-11(13)14/h2-3,6,11,15H,4-5H2,1H3,(H,16,17). The first-order chi connectivity index (χ1) is 8.54. The van der Waals surface area contributed by atoms with Crippen LogP contribution in [0.5, 0.6) is 5.75 Å². The van der Waals surface area contributed by atoms with E-state index in [1.165, 1.54) is 0 Å². The molecule has 1 amide bonds. The summed E-state index contributed by atoms with van der Waals surface area (Å²) in [5.74, 6) is -1.83. The predicted octanol–water partition coefficient (Wildman–Crippen LogP) is 1.38. The van der Waals surface area contributed by atoms with Gasteiger partial charge in [0.15, 0.2) is 0 Å². The van der Waals surface area contributed by atoms with E-state index in [-0.39, 0.29) is 5.56 Å². The highest BCUT2D eigenvalue weighted by atomic mass is 19.3. The number of hydrogen-bond acceptors (Lipinski definition) is 3. The summed E-state index contributed by atoms with van der Waals surface area (Å²) in [6.45, 7) is -2.27. The number of likely N-dealkylation sites (N-methyl/N-ethyl adjacent to an activating group) is 1. The van der Waals surface area contributed by atoms with Gasteiger partial charge in [0.25, 0.3) is 5.91 Å². The molecule has 0 unspecified atom stereocenters. The second-order valence-corrected chi connectivity index (χ2v) is 3.38. The Labute approximate surface area is 102 Å². The average molecular weight is 262 g/mol. The van der Waals surface area contributed by atoms with Gasteiger partial charge in [-0.2, -0.15) is 8.78 Å². The number of halogens is 3. The number of amides is 1. The molecule has 0 aromatic heterocycles. The number of benzene rings is 1. The summed E-state index contributed by atoms with van der Waals surface area (Å²) >= 11 is 0. The van der Waals surface area contributed by atoms with Gasteiger partial charge in [0.2, 0.25) is 0 Å². The molecular formula is C11H13F3N2O2. The van der Waals surface area contributed by atoms with Gasteiger partial charge < -0.3 is 15.4 Å². The van der Waals surface area contributed by atoms with Crippen LogP contribution in [0.1, 0.15) is 10.4 Å². The van der Waals surface area contributed by atoms with E-state index in [0.717, 1.165) is 18.2 Å². The van der Waals surface area contributed by atoms with Gasteiger partial charge in [-0.3, -0.25) is 4.79 Å². The van der Waals surface area contributed by atoms with Gasteiger partial charge >= 0.3 is 6.61 Å². The summed E-state index contributed by atoms with van der Waals surface area (Å²) in [6, 6.07) is 2.85. The SMILES string of the molecule is CNCCNC(=O)c1ccc(F)cc1OC(F)F. The number of carbonyl (C=O) groups excluding carboxylic acids is 1. The molecule has 7 heteroatoms. The van der Waals surface area contributed by atoms with Crippen molar-refractivity contribution in [3.05, 3.63) is 29.6 Å². The van der Waals surface area contributed by atoms with Crippen molar-refractivity contribution in [3.63, 3.8) is 0 Å². The normalized spacial score (nSPS) is 10.5. The smallest absolute Gasteiger partial charge is 0.387 e. The maximum Gasteiger partial charge on any atom is 0.387 e. The minimum atomic E-state index is -3.12. The quantitative estimate of drug-likeness (QED) is 0.761. The first kappa shape index (κ1) is 14.3. The van der Waals surface area contributed by atoms with Crippen molar-refractivity contribution in [3.8, 4) is 5.75 Å². The van der Waals surface area contributed by atoms with E-state index >= 15 is 0 Å². The molecule has 0 aliphatic carbocycles. The molecule has 2 N–H and O–H groups in total. The highest BCUT2D eigenvalue weighted by molar-refractivity contribution is 5.96. The van der Waals surface area contributed by atoms with Crippen molar-refractivity contribution in [2.24, 2.45) is 0 Å². The Kier molecular flexibility index (Phi) is 5.44. The van der Waals surface area contributed by atoms with Crippen LogP contribution in [-0.2, 0) is 0 Å². The molecule has 0 bridgehead atoms. The number of rotatable bonds is 6. The zero-order chi connectivity index (χ0) is 13.5. The Hall–Kier alpha value is -1.76. The molecule has 0 aliphatic heterocycles. The molecule has 1 aromatic carbocycles. The summed E-state index contributed by atoms with van der Waals surface area (Å²) in [5, 5.41) is 5.29. The third-order valence-electron chi connectivity index (χ3n) is 2.06. The molecule has 1 rings (SSSR count). The predicted molar refractivity (Wildman–Crippen MR) is 59.3 cm³/mol. The van der Waals surface area contributed by atoms with E-state index in [4.69, 9.17) is 0 Å². The molecule has 0 fully saturated rings. The molecule has 1 aromatic rings. The highest BCUT2D eigenvalue weighted by Gasteiger charge is 2.16. The second-order valence-electron chi connectivity index (χ2n) is 3.38. The molecule has 0 saturated heterocycles. The molecule has 100 valence electrons. The van der Waals surface area contributed by atoms with Crippen molar-refractivity contribution in [2.75, 3.05) is 20.1 Å². The summed E-state index contributed by atoms with van der Waals surface area (Å²) in [7, 11) is 1.70. The number of ether oxygens (including phenoxy) is 1. The van der Waals surface area contributed by atoms with Crippen LogP contribution < -0.4 is 15.4 Å². The number of carbonyl (C=O) groups is 1. The third-order valence-corrected chi connectivity index (χ3v) is 2.06. The maximum atomic E-state index is 12.9. The summed E-state index contributed by atoms with van der Waals surface area (Å²) < 4.78 is 41.2. The fourth-order valence-electron chi connectivity index (χ4n) is 1.27. The number of nitrogens with one attached hydrogen (secondary N) is 2. The fraction of sp³-hybridized carbons (Fsp3) is 0.364. The minimum absolute atomic E-state index is 0.132. The largest absolute Gasteiger partial charge is 0.434 e. The van der Waals surface area contributed by atoms with Gasteiger partial charge in [-0.25, -0.2) is 4.39 Å². The molecule has 0 spiro atoms. The van der Waals surface area contributed by atoms with E-state index in [1.54, 1.807) is 7.05 Å². The topological polar surface area (TPSA) is 50.4 Å². The van der Waals surface area contributed by atoms with Crippen molar-refractivity contribution in [1.82, 2.24) is 10.6 Å². The lowest BCUT2D eigenvalue weighted by atomic mass is 10.2. The van der Waals surface area contributed by atoms with Crippen molar-refractivity contribution < 1.29 is 22.7 Å². The molecule has 4 nitrogen and oxygen atoms in total. The number of hydrogen-bond donors (Lipinski definition) is 2. The lowest BCUT2D eigenvalue weighted by Gasteiger charge is -2.11. The van der Waals surface area contributed by atoms with Crippen LogP contribution in [0.25, 0.3) is 0 Å². The van der Waals surface area contributed by atoms with E-state index < -0.39 is 24.1 Å². The van der Waals surface area contributed by atoms with E-state index in [1.807, 2.05) is 0 Å². The molecule has 0 radical (unpaired) electrons. The summed E-state index contributed by atoms with van der Waals surface area (Å²) in [5.41, 5.74) is -0.132. The molecule has 0 saturated carbocycles. The van der Waals surface area contributed by atoms with Crippen LogP contribution in [0.2, 0.25) is 0 Å². The number of alkyl halides is 2. The first-order valence-corrected chi connectivity index (χ1v) is 5.21. The Morgan fingerprint density at radius 2 is 2.11 bits per heavy atom. The molecular weight excluding hydrogens is 249 g/mol. The lowest BCUT2D eigenvalue weighted by molar-refractivity contribution is -0.0503. The Bertz CT molecular complexity index is 413. The van der Waals surface area contributed by atoms with Crippen molar-refractivity contribution in [1.29, 1.82) is 0 Å². The minimum Gasteiger partial charge on any atom is -0.434 e. The average Bonchev–Trinajstić information content (AvgIpc) is 2.28. The van der Waals surface area contributed by atoms with Gasteiger partial charge in [0, 0.05) is 19.2 Å². The van der Waals surface area contributed by atoms with Crippen LogP contribution >= 0.6 is 0 Å². The van der Waals surface area contributed by atoms with Gasteiger partial charge in [0.1, 0.15) is 11.6 Å². The van der Waals surface area contributed by atoms with Crippen LogP contribution in [0.4, 0.5) is 13.2 Å². The highest BCUT2D eigenvalue weighted by Crippen LogP contribution is 2.21. The van der Waals surface area contributed by atoms with Crippen LogP contribution in [0.15, 0.2) is 18.2 Å². The van der Waals surface area contributed by atoms with Crippen molar-refractivity contribution in [2.45, 2.75) is 6.61 Å². The van der Waals surface area contributed by atoms with Gasteiger partial charge in [0.05, 0.1) is 5.56 Å². The van der Waals surface area contributed by atoms with Gasteiger partial charge in [-0.1, -0.05) is 0 Å². The Morgan fingerprint density at radius 3 is 2.72 bits per heavy atom. The van der Waals surface area contributed by atoms with Crippen LogP contribution in [0.3, 0.4) is 0 Å². The van der Waals surface area contributed by atoms with Crippen LogP contribution in [-0.4, -0.2) is 32.7 Å². The molecule has 18 heavy (non-hydrogen) atoms. The maximum absolute atomic E-state index is 12.9.